The lowest BCUT2D eigenvalue weighted by atomic mass is 9.87. The fraction of sp³-hybridized carbons (Fsp3) is 0.533. The van der Waals surface area contributed by atoms with E-state index in [9.17, 15) is 8.78 Å². The van der Waals surface area contributed by atoms with E-state index in [4.69, 9.17) is 4.74 Å². The molecule has 3 rings (SSSR count). The number of methoxy groups -OCH3 is 1. The van der Waals surface area contributed by atoms with Crippen molar-refractivity contribution in [1.29, 1.82) is 0 Å². The van der Waals surface area contributed by atoms with Crippen LogP contribution in [0.3, 0.4) is 0 Å². The van der Waals surface area contributed by atoms with Crippen LogP contribution in [0.15, 0.2) is 24.3 Å². The van der Waals surface area contributed by atoms with E-state index in [0.717, 1.165) is 11.3 Å². The van der Waals surface area contributed by atoms with E-state index in [0.29, 0.717) is 25.2 Å². The van der Waals surface area contributed by atoms with Crippen molar-refractivity contribution in [1.82, 2.24) is 20.2 Å². The van der Waals surface area contributed by atoms with Crippen LogP contribution in [0.5, 0.6) is 5.75 Å². The van der Waals surface area contributed by atoms with Crippen molar-refractivity contribution in [2.45, 2.75) is 38.2 Å². The maximum absolute atomic E-state index is 13.2. The molecule has 1 aliphatic carbocycles. The average molecular weight is 308 g/mol. The van der Waals surface area contributed by atoms with Gasteiger partial charge in [0.05, 0.1) is 13.7 Å². The van der Waals surface area contributed by atoms with E-state index in [1.54, 1.807) is 7.11 Å². The van der Waals surface area contributed by atoms with Gasteiger partial charge in [-0.1, -0.05) is 12.1 Å². The fourth-order valence-corrected chi connectivity index (χ4v) is 2.71. The number of nitrogens with zero attached hydrogens (tertiary/aromatic N) is 4. The molecule has 0 spiro atoms. The van der Waals surface area contributed by atoms with Crippen molar-refractivity contribution in [3.63, 3.8) is 0 Å². The fourth-order valence-electron chi connectivity index (χ4n) is 2.71. The molecule has 0 aliphatic heterocycles. The number of benzene rings is 1. The molecular formula is C15H18F2N4O. The highest BCUT2D eigenvalue weighted by molar-refractivity contribution is 5.56. The van der Waals surface area contributed by atoms with E-state index in [1.165, 1.54) is 4.80 Å². The highest BCUT2D eigenvalue weighted by Gasteiger charge is 2.35. The summed E-state index contributed by atoms with van der Waals surface area (Å²) in [6.07, 6.45) is 0.913. The molecule has 1 heterocycles. The van der Waals surface area contributed by atoms with Crippen LogP contribution in [0.4, 0.5) is 8.78 Å². The number of tetrazole rings is 1. The summed E-state index contributed by atoms with van der Waals surface area (Å²) >= 11 is 0. The predicted molar refractivity (Wildman–Crippen MR) is 76.7 cm³/mol. The van der Waals surface area contributed by atoms with E-state index < -0.39 is 5.92 Å². The number of ether oxygens (including phenoxy) is 1. The van der Waals surface area contributed by atoms with Crippen LogP contribution in [-0.2, 0) is 6.54 Å². The van der Waals surface area contributed by atoms with Crippen LogP contribution in [-0.4, -0.2) is 33.2 Å². The number of aromatic nitrogens is 4. The van der Waals surface area contributed by atoms with Crippen LogP contribution in [0, 0.1) is 5.92 Å². The minimum atomic E-state index is -2.50. The molecule has 0 unspecified atom stereocenters. The van der Waals surface area contributed by atoms with Gasteiger partial charge in [-0.3, -0.25) is 0 Å². The summed E-state index contributed by atoms with van der Waals surface area (Å²) in [6, 6.07) is 7.42. The quantitative estimate of drug-likeness (QED) is 0.870. The standard InChI is InChI=1S/C15H18F2N4O/c1-22-13-4-2-3-12(9-13)14-18-20-21(19-14)10-11-5-7-15(16,17)8-6-11/h2-4,9,11H,5-8,10H2,1H3. The minimum absolute atomic E-state index is 0.0465. The first kappa shape index (κ1) is 14.9. The Morgan fingerprint density at radius 3 is 2.82 bits per heavy atom. The molecule has 0 bridgehead atoms. The zero-order chi connectivity index (χ0) is 15.6. The Balaban J connectivity index is 1.66. The highest BCUT2D eigenvalue weighted by atomic mass is 19.3. The van der Waals surface area contributed by atoms with Gasteiger partial charge in [0.1, 0.15) is 5.75 Å². The normalized spacial score (nSPS) is 18.3. The second-order valence-corrected chi connectivity index (χ2v) is 5.70. The van der Waals surface area contributed by atoms with Gasteiger partial charge in [0.25, 0.3) is 0 Å². The van der Waals surface area contributed by atoms with Crippen molar-refractivity contribution in [2.24, 2.45) is 5.92 Å². The third kappa shape index (κ3) is 3.40. The number of alkyl halides is 2. The highest BCUT2D eigenvalue weighted by Crippen LogP contribution is 2.36. The second kappa shape index (κ2) is 5.98. The van der Waals surface area contributed by atoms with E-state index in [1.807, 2.05) is 24.3 Å². The van der Waals surface area contributed by atoms with E-state index >= 15 is 0 Å². The molecule has 118 valence electrons. The van der Waals surface area contributed by atoms with Crippen molar-refractivity contribution in [2.75, 3.05) is 7.11 Å². The van der Waals surface area contributed by atoms with Gasteiger partial charge < -0.3 is 4.74 Å². The zero-order valence-corrected chi connectivity index (χ0v) is 12.4. The molecule has 1 aromatic carbocycles. The van der Waals surface area contributed by atoms with E-state index in [2.05, 4.69) is 15.4 Å². The number of rotatable bonds is 4. The van der Waals surface area contributed by atoms with Crippen molar-refractivity contribution >= 4 is 0 Å². The molecule has 0 radical (unpaired) electrons. The van der Waals surface area contributed by atoms with Crippen LogP contribution < -0.4 is 4.74 Å². The monoisotopic (exact) mass is 308 g/mol. The van der Waals surface area contributed by atoms with E-state index in [-0.39, 0.29) is 18.8 Å². The van der Waals surface area contributed by atoms with Gasteiger partial charge in [-0.2, -0.15) is 4.80 Å². The molecular weight excluding hydrogens is 290 g/mol. The predicted octanol–water partition coefficient (Wildman–Crippen LogP) is 3.17. The van der Waals surface area contributed by atoms with Crippen LogP contribution >= 0.6 is 0 Å². The Morgan fingerprint density at radius 2 is 2.09 bits per heavy atom. The van der Waals surface area contributed by atoms with Gasteiger partial charge in [0, 0.05) is 18.4 Å². The lowest BCUT2D eigenvalue weighted by Crippen LogP contribution is -2.27. The van der Waals surface area contributed by atoms with Gasteiger partial charge in [0.2, 0.25) is 11.7 Å². The molecule has 0 atom stereocenters. The smallest absolute Gasteiger partial charge is 0.248 e. The summed E-state index contributed by atoms with van der Waals surface area (Å²) in [4.78, 5) is 1.50. The Kier molecular flexibility index (Phi) is 4.04. The van der Waals surface area contributed by atoms with Crippen molar-refractivity contribution in [3.05, 3.63) is 24.3 Å². The number of halogens is 2. The minimum Gasteiger partial charge on any atom is -0.497 e. The van der Waals surface area contributed by atoms with Crippen LogP contribution in [0.1, 0.15) is 25.7 Å². The Bertz CT molecular complexity index is 634. The van der Waals surface area contributed by atoms with Crippen LogP contribution in [0.25, 0.3) is 11.4 Å². The molecule has 1 aliphatic rings. The maximum Gasteiger partial charge on any atom is 0.248 e. The summed E-state index contributed by atoms with van der Waals surface area (Å²) in [5, 5.41) is 12.4. The largest absolute Gasteiger partial charge is 0.497 e. The molecule has 1 saturated carbocycles. The summed E-state index contributed by atoms with van der Waals surface area (Å²) in [7, 11) is 1.60. The van der Waals surface area contributed by atoms with Gasteiger partial charge in [-0.05, 0) is 36.1 Å². The molecule has 1 aromatic heterocycles. The van der Waals surface area contributed by atoms with Crippen molar-refractivity contribution in [3.8, 4) is 17.1 Å². The van der Waals surface area contributed by atoms with Gasteiger partial charge in [0.15, 0.2) is 0 Å². The second-order valence-electron chi connectivity index (χ2n) is 5.70. The first-order valence-electron chi connectivity index (χ1n) is 7.36. The first-order valence-corrected chi connectivity index (χ1v) is 7.36. The number of hydrogen-bond acceptors (Lipinski definition) is 4. The molecule has 7 heteroatoms. The summed E-state index contributed by atoms with van der Waals surface area (Å²) in [6.45, 7) is 0.535. The van der Waals surface area contributed by atoms with Crippen LogP contribution in [0.2, 0.25) is 0 Å². The average Bonchev–Trinajstić information content (AvgIpc) is 2.98. The number of hydrogen-bond donors (Lipinski definition) is 0. The summed E-state index contributed by atoms with van der Waals surface area (Å²) < 4.78 is 31.5. The Hall–Kier alpha value is -2.05. The van der Waals surface area contributed by atoms with Gasteiger partial charge >= 0.3 is 0 Å². The molecule has 1 fully saturated rings. The Labute approximate surface area is 127 Å². The molecule has 0 amide bonds. The Morgan fingerprint density at radius 1 is 1.32 bits per heavy atom. The third-order valence-electron chi connectivity index (χ3n) is 4.04. The zero-order valence-electron chi connectivity index (χ0n) is 12.4. The molecule has 2 aromatic rings. The summed E-state index contributed by atoms with van der Waals surface area (Å²) in [5.41, 5.74) is 0.820. The summed E-state index contributed by atoms with van der Waals surface area (Å²) in [5.74, 6) is -1.08. The molecule has 0 N–H and O–H groups in total. The molecule has 0 saturated heterocycles. The van der Waals surface area contributed by atoms with Gasteiger partial charge in [-0.15, -0.1) is 10.2 Å². The topological polar surface area (TPSA) is 52.8 Å². The molecule has 5 nitrogen and oxygen atoms in total. The molecule has 22 heavy (non-hydrogen) atoms. The first-order chi connectivity index (χ1) is 10.6. The third-order valence-corrected chi connectivity index (χ3v) is 4.04. The lowest BCUT2D eigenvalue weighted by molar-refractivity contribution is -0.0480. The van der Waals surface area contributed by atoms with Gasteiger partial charge in [-0.25, -0.2) is 8.78 Å². The SMILES string of the molecule is COc1cccc(-c2nnn(CC3CCC(F)(F)CC3)n2)c1. The maximum atomic E-state index is 13.2. The lowest BCUT2D eigenvalue weighted by Gasteiger charge is -2.27. The van der Waals surface area contributed by atoms with Crippen molar-refractivity contribution < 1.29 is 13.5 Å².